The second-order valence-electron chi connectivity index (χ2n) is 4.70. The number of rotatable bonds is 5. The van der Waals surface area contributed by atoms with Crippen LogP contribution in [-0.2, 0) is 6.42 Å². The largest absolute Gasteiger partial charge is 0.497 e. The number of pyridine rings is 1. The van der Waals surface area contributed by atoms with Crippen LogP contribution in [0.5, 0.6) is 5.75 Å². The molecule has 0 aliphatic carbocycles. The summed E-state index contributed by atoms with van der Waals surface area (Å²) in [5.74, 6) is 0.348. The number of nitrogens with zero attached hydrogens (tertiary/aromatic N) is 1. The summed E-state index contributed by atoms with van der Waals surface area (Å²) in [5, 5.41) is 12.3. The summed E-state index contributed by atoms with van der Waals surface area (Å²) >= 11 is 0. The fraction of sp³-hybridized carbons (Fsp3) is 0.250. The number of carboxylic acid groups (broad SMARTS) is 1. The summed E-state index contributed by atoms with van der Waals surface area (Å²) in [7, 11) is 1.62. The van der Waals surface area contributed by atoms with Crippen LogP contribution >= 0.6 is 0 Å². The number of aromatic carboxylic acids is 1. The van der Waals surface area contributed by atoms with Crippen LogP contribution in [0.25, 0.3) is 0 Å². The predicted octanol–water partition coefficient (Wildman–Crippen LogP) is 3.40. The number of anilines is 2. The van der Waals surface area contributed by atoms with E-state index in [1.165, 1.54) is 6.07 Å². The third-order valence-corrected chi connectivity index (χ3v) is 3.18. The number of aromatic nitrogens is 1. The van der Waals surface area contributed by atoms with Crippen LogP contribution in [0.1, 0.15) is 28.5 Å². The van der Waals surface area contributed by atoms with Crippen LogP contribution in [0, 0.1) is 6.92 Å². The zero-order valence-electron chi connectivity index (χ0n) is 12.3. The number of methoxy groups -OCH3 is 1. The molecule has 0 atom stereocenters. The molecule has 0 saturated carbocycles. The molecule has 0 spiro atoms. The Labute approximate surface area is 123 Å². The van der Waals surface area contributed by atoms with Crippen LogP contribution in [0.2, 0.25) is 0 Å². The number of hydrogen-bond acceptors (Lipinski definition) is 4. The van der Waals surface area contributed by atoms with E-state index in [0.717, 1.165) is 22.7 Å². The van der Waals surface area contributed by atoms with Gasteiger partial charge in [0, 0.05) is 11.4 Å². The fourth-order valence-electron chi connectivity index (χ4n) is 2.00. The summed E-state index contributed by atoms with van der Waals surface area (Å²) in [4.78, 5) is 15.6. The molecule has 0 bridgehead atoms. The Balaban J connectivity index is 2.34. The molecule has 1 heterocycles. The molecule has 110 valence electrons. The van der Waals surface area contributed by atoms with E-state index in [4.69, 9.17) is 9.84 Å². The summed E-state index contributed by atoms with van der Waals surface area (Å²) in [5.41, 5.74) is 2.84. The van der Waals surface area contributed by atoms with Gasteiger partial charge in [-0.25, -0.2) is 9.78 Å². The molecule has 1 aromatic carbocycles. The van der Waals surface area contributed by atoms with Crippen molar-refractivity contribution in [3.63, 3.8) is 0 Å². The molecular weight excluding hydrogens is 268 g/mol. The van der Waals surface area contributed by atoms with Crippen molar-refractivity contribution in [2.75, 3.05) is 12.4 Å². The van der Waals surface area contributed by atoms with Crippen molar-refractivity contribution < 1.29 is 14.6 Å². The highest BCUT2D eigenvalue weighted by molar-refractivity contribution is 5.88. The molecule has 0 amide bonds. The van der Waals surface area contributed by atoms with E-state index in [-0.39, 0.29) is 5.56 Å². The average Bonchev–Trinajstić information content (AvgIpc) is 2.48. The molecule has 5 nitrogen and oxygen atoms in total. The molecule has 0 fully saturated rings. The van der Waals surface area contributed by atoms with Gasteiger partial charge in [-0.1, -0.05) is 6.92 Å². The summed E-state index contributed by atoms with van der Waals surface area (Å²) < 4.78 is 5.17. The van der Waals surface area contributed by atoms with Crippen LogP contribution in [0.4, 0.5) is 11.5 Å². The maximum atomic E-state index is 11.2. The van der Waals surface area contributed by atoms with Gasteiger partial charge in [0.2, 0.25) is 0 Å². The molecule has 5 heteroatoms. The quantitative estimate of drug-likeness (QED) is 0.881. The number of ether oxygens (including phenoxy) is 1. The van der Waals surface area contributed by atoms with Gasteiger partial charge >= 0.3 is 5.97 Å². The first-order chi connectivity index (χ1) is 10.0. The highest BCUT2D eigenvalue weighted by Gasteiger charge is 2.09. The van der Waals surface area contributed by atoms with Gasteiger partial charge < -0.3 is 15.2 Å². The van der Waals surface area contributed by atoms with Gasteiger partial charge in [-0.3, -0.25) is 0 Å². The number of nitrogens with one attached hydrogen (secondary N) is 1. The molecule has 0 aliphatic rings. The topological polar surface area (TPSA) is 71.5 Å². The summed E-state index contributed by atoms with van der Waals surface area (Å²) in [6.07, 6.45) is 0.678. The number of hydrogen-bond donors (Lipinski definition) is 2. The van der Waals surface area contributed by atoms with E-state index in [2.05, 4.69) is 10.3 Å². The van der Waals surface area contributed by atoms with E-state index < -0.39 is 5.97 Å². The van der Waals surface area contributed by atoms with E-state index >= 15 is 0 Å². The van der Waals surface area contributed by atoms with Gasteiger partial charge in [-0.2, -0.15) is 0 Å². The van der Waals surface area contributed by atoms with E-state index in [1.807, 2.05) is 32.0 Å². The Bertz CT molecular complexity index is 669. The maximum absolute atomic E-state index is 11.2. The lowest BCUT2D eigenvalue weighted by Gasteiger charge is -2.12. The minimum Gasteiger partial charge on any atom is -0.497 e. The Morgan fingerprint density at radius 1 is 1.33 bits per heavy atom. The van der Waals surface area contributed by atoms with Crippen LogP contribution in [0.15, 0.2) is 30.3 Å². The molecule has 0 aliphatic heterocycles. The third kappa shape index (κ3) is 3.51. The van der Waals surface area contributed by atoms with Crippen molar-refractivity contribution in [3.05, 3.63) is 47.2 Å². The van der Waals surface area contributed by atoms with E-state index in [9.17, 15) is 4.79 Å². The highest BCUT2D eigenvalue weighted by atomic mass is 16.5. The molecule has 0 radical (unpaired) electrons. The molecular formula is C16H18N2O3. The molecule has 0 saturated heterocycles. The number of benzene rings is 1. The molecule has 2 rings (SSSR count). The summed E-state index contributed by atoms with van der Waals surface area (Å²) in [6, 6.07) is 8.76. The van der Waals surface area contributed by atoms with Crippen molar-refractivity contribution in [2.24, 2.45) is 0 Å². The smallest absolute Gasteiger partial charge is 0.335 e. The average molecular weight is 286 g/mol. The predicted molar refractivity (Wildman–Crippen MR) is 81.6 cm³/mol. The van der Waals surface area contributed by atoms with Crippen LogP contribution in [-0.4, -0.2) is 23.2 Å². The van der Waals surface area contributed by atoms with Gasteiger partial charge in [0.05, 0.1) is 12.7 Å². The first-order valence-corrected chi connectivity index (χ1v) is 6.69. The zero-order chi connectivity index (χ0) is 15.4. The first kappa shape index (κ1) is 14.8. The highest BCUT2D eigenvalue weighted by Crippen LogP contribution is 2.24. The van der Waals surface area contributed by atoms with Gasteiger partial charge in [-0.15, -0.1) is 0 Å². The Morgan fingerprint density at radius 3 is 2.67 bits per heavy atom. The van der Waals surface area contributed by atoms with Gasteiger partial charge in [0.1, 0.15) is 11.6 Å². The molecule has 2 aromatic rings. The van der Waals surface area contributed by atoms with Crippen molar-refractivity contribution in [2.45, 2.75) is 20.3 Å². The normalized spacial score (nSPS) is 10.2. The minimum atomic E-state index is -0.957. The molecule has 1 aromatic heterocycles. The first-order valence-electron chi connectivity index (χ1n) is 6.69. The van der Waals surface area contributed by atoms with Crippen molar-refractivity contribution in [3.8, 4) is 5.75 Å². The standard InChI is InChI=1S/C16H18N2O3/c1-4-12-8-11(16(19)20)9-15(17-12)18-14-6-5-13(21-3)7-10(14)2/h5-9H,4H2,1-3H3,(H,17,18)(H,19,20). The van der Waals surface area contributed by atoms with Gasteiger partial charge in [0.25, 0.3) is 0 Å². The Kier molecular flexibility index (Phi) is 4.42. The van der Waals surface area contributed by atoms with Crippen LogP contribution < -0.4 is 10.1 Å². The lowest BCUT2D eigenvalue weighted by atomic mass is 10.1. The molecule has 0 unspecified atom stereocenters. The monoisotopic (exact) mass is 286 g/mol. The number of aryl methyl sites for hydroxylation is 2. The number of carbonyl (C=O) groups is 1. The fourth-order valence-corrected chi connectivity index (χ4v) is 2.00. The lowest BCUT2D eigenvalue weighted by Crippen LogP contribution is -2.04. The Morgan fingerprint density at radius 2 is 2.10 bits per heavy atom. The third-order valence-electron chi connectivity index (χ3n) is 3.18. The number of carboxylic acids is 1. The van der Waals surface area contributed by atoms with E-state index in [0.29, 0.717) is 12.2 Å². The molecule has 21 heavy (non-hydrogen) atoms. The van der Waals surface area contributed by atoms with Crippen molar-refractivity contribution in [1.82, 2.24) is 4.98 Å². The molecule has 2 N–H and O–H groups in total. The van der Waals surface area contributed by atoms with Gasteiger partial charge in [0.15, 0.2) is 0 Å². The Hall–Kier alpha value is -2.56. The van der Waals surface area contributed by atoms with Crippen molar-refractivity contribution >= 4 is 17.5 Å². The van der Waals surface area contributed by atoms with Crippen molar-refractivity contribution in [1.29, 1.82) is 0 Å². The lowest BCUT2D eigenvalue weighted by molar-refractivity contribution is 0.0696. The zero-order valence-corrected chi connectivity index (χ0v) is 12.3. The van der Waals surface area contributed by atoms with E-state index in [1.54, 1.807) is 13.2 Å². The van der Waals surface area contributed by atoms with Crippen LogP contribution in [0.3, 0.4) is 0 Å². The second-order valence-corrected chi connectivity index (χ2v) is 4.70. The minimum absolute atomic E-state index is 0.232. The van der Waals surface area contributed by atoms with Gasteiger partial charge in [-0.05, 0) is 49.2 Å². The SMILES string of the molecule is CCc1cc(C(=O)O)cc(Nc2ccc(OC)cc2C)n1. The maximum Gasteiger partial charge on any atom is 0.335 e. The second kappa shape index (κ2) is 6.26. The summed E-state index contributed by atoms with van der Waals surface area (Å²) in [6.45, 7) is 3.89.